The van der Waals surface area contributed by atoms with Crippen LogP contribution in [0, 0.1) is 19.4 Å². The molecule has 0 aliphatic carbocycles. The number of hydrazone groups is 1. The van der Waals surface area contributed by atoms with Crippen LogP contribution >= 0.6 is 11.6 Å². The van der Waals surface area contributed by atoms with Gasteiger partial charge in [-0.3, -0.25) is 5.01 Å². The van der Waals surface area contributed by atoms with Gasteiger partial charge in [0.1, 0.15) is 0 Å². The molecule has 5 heteroatoms. The molecule has 1 fully saturated rings. The van der Waals surface area contributed by atoms with Crippen LogP contribution in [0.3, 0.4) is 0 Å². The van der Waals surface area contributed by atoms with E-state index in [2.05, 4.69) is 16.9 Å². The van der Waals surface area contributed by atoms with Crippen molar-refractivity contribution in [3.63, 3.8) is 0 Å². The fraction of sp³-hybridized carbons (Fsp3) is 0.467. The van der Waals surface area contributed by atoms with Gasteiger partial charge in [-0.05, 0) is 24.5 Å². The normalized spacial score (nSPS) is 28.2. The van der Waals surface area contributed by atoms with Gasteiger partial charge in [0, 0.05) is 5.92 Å². The average Bonchev–Trinajstić information content (AvgIpc) is 2.92. The molecule has 0 bridgehead atoms. The van der Waals surface area contributed by atoms with E-state index >= 15 is 0 Å². The number of nitrogens with zero attached hydrogens (tertiary/aromatic N) is 3. The Morgan fingerprint density at radius 2 is 2.25 bits per heavy atom. The van der Waals surface area contributed by atoms with Crippen molar-refractivity contribution in [1.29, 1.82) is 0 Å². The first-order chi connectivity index (χ1) is 9.52. The molecule has 0 amide bonds. The van der Waals surface area contributed by atoms with Crippen LogP contribution in [-0.2, 0) is 0 Å². The van der Waals surface area contributed by atoms with Crippen molar-refractivity contribution in [2.45, 2.75) is 32.4 Å². The number of aliphatic hydroxyl groups excluding tert-OH is 1. The molecule has 20 heavy (non-hydrogen) atoms. The highest BCUT2D eigenvalue weighted by Gasteiger charge is 2.41. The lowest BCUT2D eigenvalue weighted by atomic mass is 9.89. The molecule has 0 saturated carbocycles. The molecule has 1 aromatic rings. The Labute approximate surface area is 123 Å². The molecule has 0 spiro atoms. The van der Waals surface area contributed by atoms with Crippen molar-refractivity contribution in [1.82, 2.24) is 5.01 Å². The van der Waals surface area contributed by atoms with Crippen molar-refractivity contribution < 1.29 is 5.11 Å². The molecule has 1 N–H and O–H groups in total. The van der Waals surface area contributed by atoms with E-state index in [9.17, 15) is 5.11 Å². The number of aliphatic hydroxyl groups is 1. The summed E-state index contributed by atoms with van der Waals surface area (Å²) in [6, 6.07) is 3.96. The van der Waals surface area contributed by atoms with E-state index in [1.54, 1.807) is 6.07 Å². The maximum absolute atomic E-state index is 9.71. The molecule has 1 aromatic carbocycles. The summed E-state index contributed by atoms with van der Waals surface area (Å²) in [6.45, 7) is 11.8. The Bertz CT molecular complexity index is 635. The number of hydrogen-bond donors (Lipinski definition) is 1. The van der Waals surface area contributed by atoms with Crippen LogP contribution in [0.4, 0.5) is 5.69 Å². The van der Waals surface area contributed by atoms with E-state index < -0.39 is 0 Å². The molecule has 104 valence electrons. The molecule has 2 heterocycles. The van der Waals surface area contributed by atoms with Crippen molar-refractivity contribution in [2.24, 2.45) is 11.0 Å². The van der Waals surface area contributed by atoms with E-state index in [4.69, 9.17) is 18.2 Å². The highest BCUT2D eigenvalue weighted by atomic mass is 35.5. The predicted octanol–water partition coefficient (Wildman–Crippen LogP) is 2.99. The van der Waals surface area contributed by atoms with Crippen molar-refractivity contribution in [2.75, 3.05) is 6.54 Å². The summed E-state index contributed by atoms with van der Waals surface area (Å²) >= 11 is 6.25. The van der Waals surface area contributed by atoms with Gasteiger partial charge in [0.15, 0.2) is 0 Å². The molecule has 0 aromatic heterocycles. The summed E-state index contributed by atoms with van der Waals surface area (Å²) in [4.78, 5) is 3.42. The van der Waals surface area contributed by atoms with Crippen molar-refractivity contribution in [3.8, 4) is 0 Å². The third-order valence-corrected chi connectivity index (χ3v) is 4.78. The number of rotatable bonds is 1. The van der Waals surface area contributed by atoms with E-state index in [1.165, 1.54) is 0 Å². The molecule has 3 atom stereocenters. The lowest BCUT2D eigenvalue weighted by Crippen LogP contribution is -2.26. The quantitative estimate of drug-likeness (QED) is 0.808. The summed E-state index contributed by atoms with van der Waals surface area (Å²) in [5.74, 6) is 0.265. The SMILES string of the molecule is [C-]#[N+]c1ccc(C2=NN3C[C@@H](O)C[C@H]3[C@@H]2C)c(C)c1Cl. The van der Waals surface area contributed by atoms with Crippen LogP contribution in [0.2, 0.25) is 5.02 Å². The Kier molecular flexibility index (Phi) is 3.19. The first-order valence-corrected chi connectivity index (χ1v) is 7.11. The maximum Gasteiger partial charge on any atom is 0.205 e. The van der Waals surface area contributed by atoms with Gasteiger partial charge in [0.2, 0.25) is 5.69 Å². The molecule has 0 radical (unpaired) electrons. The van der Waals surface area contributed by atoms with Crippen LogP contribution < -0.4 is 0 Å². The Morgan fingerprint density at radius 3 is 2.90 bits per heavy atom. The van der Waals surface area contributed by atoms with Gasteiger partial charge >= 0.3 is 0 Å². The minimum Gasteiger partial charge on any atom is -0.391 e. The Morgan fingerprint density at radius 1 is 1.50 bits per heavy atom. The second-order valence-corrected chi connectivity index (χ2v) is 5.91. The summed E-state index contributed by atoms with van der Waals surface area (Å²) in [6.07, 6.45) is 0.489. The van der Waals surface area contributed by atoms with Gasteiger partial charge in [-0.1, -0.05) is 30.7 Å². The first-order valence-electron chi connectivity index (χ1n) is 6.73. The van der Waals surface area contributed by atoms with Gasteiger partial charge in [-0.25, -0.2) is 4.85 Å². The van der Waals surface area contributed by atoms with E-state index in [0.29, 0.717) is 17.3 Å². The minimum absolute atomic E-state index is 0.265. The van der Waals surface area contributed by atoms with Crippen LogP contribution in [-0.4, -0.2) is 34.5 Å². The highest BCUT2D eigenvalue weighted by molar-refractivity contribution is 6.34. The maximum atomic E-state index is 9.71. The zero-order chi connectivity index (χ0) is 14.4. The summed E-state index contributed by atoms with van der Waals surface area (Å²) in [5.41, 5.74) is 3.42. The van der Waals surface area contributed by atoms with Crippen molar-refractivity contribution in [3.05, 3.63) is 39.7 Å². The molecular weight excluding hydrogens is 274 g/mol. The van der Waals surface area contributed by atoms with Crippen LogP contribution in [0.1, 0.15) is 24.5 Å². The highest BCUT2D eigenvalue weighted by Crippen LogP contribution is 2.37. The van der Waals surface area contributed by atoms with Crippen molar-refractivity contribution >= 4 is 23.0 Å². The topological polar surface area (TPSA) is 40.2 Å². The predicted molar refractivity (Wildman–Crippen MR) is 79.3 cm³/mol. The number of halogens is 1. The number of fused-ring (bicyclic) bond motifs is 1. The van der Waals surface area contributed by atoms with Crippen LogP contribution in [0.15, 0.2) is 17.2 Å². The molecule has 4 nitrogen and oxygen atoms in total. The monoisotopic (exact) mass is 289 g/mol. The summed E-state index contributed by atoms with van der Waals surface area (Å²) in [7, 11) is 0. The van der Waals surface area contributed by atoms with Crippen LogP contribution in [0.25, 0.3) is 4.85 Å². The Hall–Kier alpha value is -1.57. The second-order valence-electron chi connectivity index (χ2n) is 5.54. The second kappa shape index (κ2) is 4.76. The molecular formula is C15H16ClN3O. The first kappa shape index (κ1) is 13.4. The van der Waals surface area contributed by atoms with Gasteiger partial charge < -0.3 is 5.11 Å². The molecule has 0 unspecified atom stereocenters. The largest absolute Gasteiger partial charge is 0.391 e. The van der Waals surface area contributed by atoms with E-state index in [0.717, 1.165) is 23.3 Å². The molecule has 3 rings (SSSR count). The zero-order valence-corrected chi connectivity index (χ0v) is 12.2. The number of hydrogen-bond acceptors (Lipinski definition) is 3. The van der Waals surface area contributed by atoms with Gasteiger partial charge in [0.05, 0.1) is 36.0 Å². The zero-order valence-electron chi connectivity index (χ0n) is 11.5. The Balaban J connectivity index is 2.01. The van der Waals surface area contributed by atoms with Gasteiger partial charge in [0.25, 0.3) is 0 Å². The minimum atomic E-state index is -0.276. The third kappa shape index (κ3) is 1.90. The smallest absolute Gasteiger partial charge is 0.205 e. The molecule has 2 aliphatic rings. The summed E-state index contributed by atoms with van der Waals surface area (Å²) < 4.78 is 0. The molecule has 2 aliphatic heterocycles. The van der Waals surface area contributed by atoms with E-state index in [-0.39, 0.29) is 18.1 Å². The van der Waals surface area contributed by atoms with E-state index in [1.807, 2.05) is 18.0 Å². The van der Waals surface area contributed by atoms with Gasteiger partial charge in [-0.15, -0.1) is 0 Å². The molecule has 1 saturated heterocycles. The fourth-order valence-corrected chi connectivity index (χ4v) is 3.36. The third-order valence-electron chi connectivity index (χ3n) is 4.30. The standard InChI is InChI=1S/C15H16ClN3O/c1-8-11(4-5-12(17-3)14(8)16)15-9(2)13-6-10(20)7-19(13)18-15/h4-5,9-10,13,20H,6-7H2,1-2H3/t9-,10-,13-/m0/s1. The van der Waals surface area contributed by atoms with Crippen LogP contribution in [0.5, 0.6) is 0 Å². The van der Waals surface area contributed by atoms with Gasteiger partial charge in [-0.2, -0.15) is 5.10 Å². The summed E-state index contributed by atoms with van der Waals surface area (Å²) in [5, 5.41) is 16.9. The lowest BCUT2D eigenvalue weighted by Gasteiger charge is -2.17. The number of benzene rings is 1. The lowest BCUT2D eigenvalue weighted by molar-refractivity contribution is 0.178. The average molecular weight is 290 g/mol. The fourth-order valence-electron chi connectivity index (χ4n) is 3.15.